The molecule has 0 unspecified atom stereocenters. The third kappa shape index (κ3) is 4.20. The number of rotatable bonds is 5. The quantitative estimate of drug-likeness (QED) is 0.460. The molecule has 174 valence electrons. The van der Waals surface area contributed by atoms with Crippen molar-refractivity contribution in [2.24, 2.45) is 0 Å². The molecule has 2 aromatic heterocycles. The molecule has 0 radical (unpaired) electrons. The molecule has 4 aromatic rings. The number of amides is 1. The zero-order chi connectivity index (χ0) is 24.4. The molecule has 0 aliphatic carbocycles. The Bertz CT molecular complexity index is 1600. The largest absolute Gasteiger partial charge is 0.496 e. The predicted octanol–water partition coefficient (Wildman–Crippen LogP) is 2.05. The Balaban J connectivity index is 1.41. The zero-order valence-corrected chi connectivity index (χ0v) is 18.6. The summed E-state index contributed by atoms with van der Waals surface area (Å²) in [4.78, 5) is 48.8. The van der Waals surface area contributed by atoms with Crippen molar-refractivity contribution in [3.63, 3.8) is 0 Å². The van der Waals surface area contributed by atoms with Gasteiger partial charge in [0.2, 0.25) is 0 Å². The number of nitrogens with one attached hydrogen (secondary N) is 2. The molecule has 35 heavy (non-hydrogen) atoms. The highest BCUT2D eigenvalue weighted by atomic mass is 16.5. The second kappa shape index (κ2) is 9.10. The van der Waals surface area contributed by atoms with Crippen molar-refractivity contribution < 1.29 is 9.53 Å². The van der Waals surface area contributed by atoms with Crippen LogP contribution in [0.25, 0.3) is 16.5 Å². The van der Waals surface area contributed by atoms with Crippen molar-refractivity contribution in [2.75, 3.05) is 7.11 Å². The summed E-state index contributed by atoms with van der Waals surface area (Å²) < 4.78 is 6.74. The molecule has 0 spiro atoms. The van der Waals surface area contributed by atoms with E-state index in [0.29, 0.717) is 28.2 Å². The number of hydrazine groups is 1. The number of methoxy groups -OCH3 is 1. The lowest BCUT2D eigenvalue weighted by molar-refractivity contribution is 0.0780. The van der Waals surface area contributed by atoms with Crippen molar-refractivity contribution in [1.82, 2.24) is 30.0 Å². The number of H-pyrrole nitrogens is 1. The number of ether oxygens (including phenoxy) is 1. The van der Waals surface area contributed by atoms with E-state index in [1.807, 2.05) is 6.07 Å². The highest BCUT2D eigenvalue weighted by molar-refractivity contribution is 5.95. The summed E-state index contributed by atoms with van der Waals surface area (Å²) in [5, 5.41) is 1.63. The van der Waals surface area contributed by atoms with Gasteiger partial charge in [-0.1, -0.05) is 18.2 Å². The SMILES string of the molecule is COc1cccc2c1c(=O)[nH]c(=O)n2Cc1cccc(C(=O)N2C=CC(c3ncccn3)=CN2)c1. The number of aromatic nitrogens is 4. The van der Waals surface area contributed by atoms with Gasteiger partial charge >= 0.3 is 5.69 Å². The lowest BCUT2D eigenvalue weighted by Crippen LogP contribution is -2.37. The van der Waals surface area contributed by atoms with Gasteiger partial charge in [0, 0.05) is 35.9 Å². The number of hydrogen-bond donors (Lipinski definition) is 2. The van der Waals surface area contributed by atoms with E-state index in [-0.39, 0.29) is 17.8 Å². The minimum absolute atomic E-state index is 0.152. The summed E-state index contributed by atoms with van der Waals surface area (Å²) in [5.74, 6) is 0.631. The van der Waals surface area contributed by atoms with Gasteiger partial charge in [-0.05, 0) is 42.0 Å². The van der Waals surface area contributed by atoms with Crippen LogP contribution in [0.2, 0.25) is 0 Å². The van der Waals surface area contributed by atoms with Crippen molar-refractivity contribution in [3.05, 3.63) is 117 Å². The van der Waals surface area contributed by atoms with Crippen LogP contribution in [0.4, 0.5) is 0 Å². The minimum Gasteiger partial charge on any atom is -0.496 e. The Morgan fingerprint density at radius 3 is 2.60 bits per heavy atom. The lowest BCUT2D eigenvalue weighted by atomic mass is 10.1. The molecule has 2 N–H and O–H groups in total. The first-order valence-corrected chi connectivity index (χ1v) is 10.7. The van der Waals surface area contributed by atoms with Crippen LogP contribution in [0.1, 0.15) is 21.7 Å². The fraction of sp³-hybridized carbons (Fsp3) is 0.0800. The van der Waals surface area contributed by atoms with Crippen LogP contribution < -0.4 is 21.4 Å². The van der Waals surface area contributed by atoms with Crippen molar-refractivity contribution in [3.8, 4) is 5.75 Å². The number of aromatic amines is 1. The molecule has 0 atom stereocenters. The Morgan fingerprint density at radius 1 is 1.06 bits per heavy atom. The van der Waals surface area contributed by atoms with Crippen molar-refractivity contribution in [1.29, 1.82) is 0 Å². The van der Waals surface area contributed by atoms with E-state index in [9.17, 15) is 14.4 Å². The average molecular weight is 468 g/mol. The van der Waals surface area contributed by atoms with Crippen LogP contribution >= 0.6 is 0 Å². The molecule has 0 fully saturated rings. The summed E-state index contributed by atoms with van der Waals surface area (Å²) >= 11 is 0. The Morgan fingerprint density at radius 2 is 1.86 bits per heavy atom. The predicted molar refractivity (Wildman–Crippen MR) is 129 cm³/mol. The van der Waals surface area contributed by atoms with E-state index in [1.54, 1.807) is 73.3 Å². The van der Waals surface area contributed by atoms with E-state index in [1.165, 1.54) is 16.7 Å². The molecule has 0 saturated carbocycles. The van der Waals surface area contributed by atoms with Crippen molar-refractivity contribution in [2.45, 2.75) is 6.54 Å². The van der Waals surface area contributed by atoms with E-state index in [2.05, 4.69) is 20.4 Å². The van der Waals surface area contributed by atoms with Gasteiger partial charge in [-0.15, -0.1) is 0 Å². The molecular formula is C25H20N6O4. The van der Waals surface area contributed by atoms with Crippen LogP contribution in [0, 0.1) is 0 Å². The van der Waals surface area contributed by atoms with E-state index < -0.39 is 11.2 Å². The molecule has 1 aliphatic heterocycles. The first-order chi connectivity index (χ1) is 17.0. The van der Waals surface area contributed by atoms with Gasteiger partial charge in [0.1, 0.15) is 11.1 Å². The maximum atomic E-state index is 13.1. The molecule has 10 heteroatoms. The number of benzene rings is 2. The molecule has 1 amide bonds. The summed E-state index contributed by atoms with van der Waals surface area (Å²) in [6, 6.07) is 13.7. The molecular weight excluding hydrogens is 448 g/mol. The van der Waals surface area contributed by atoms with Crippen LogP contribution in [0.15, 0.2) is 89.0 Å². The number of fused-ring (bicyclic) bond motifs is 1. The fourth-order valence-corrected chi connectivity index (χ4v) is 3.86. The first-order valence-electron chi connectivity index (χ1n) is 10.7. The Hall–Kier alpha value is -4.99. The van der Waals surface area contributed by atoms with Gasteiger partial charge in [0.25, 0.3) is 11.5 Å². The molecule has 0 saturated heterocycles. The normalized spacial score (nSPS) is 12.8. The zero-order valence-electron chi connectivity index (χ0n) is 18.6. The number of nitrogens with zero attached hydrogens (tertiary/aromatic N) is 4. The summed E-state index contributed by atoms with van der Waals surface area (Å²) in [6.45, 7) is 0.152. The fourth-order valence-electron chi connectivity index (χ4n) is 3.86. The first kappa shape index (κ1) is 21.8. The monoisotopic (exact) mass is 468 g/mol. The highest BCUT2D eigenvalue weighted by Crippen LogP contribution is 2.21. The number of carbonyl (C=O) groups excluding carboxylic acids is 1. The standard InChI is InChI=1S/C25H20N6O4/c1-35-20-8-3-7-19-21(20)23(32)29-25(34)30(19)15-16-5-2-6-17(13-16)24(33)31-12-9-18(14-28-31)22-26-10-4-11-27-22/h2-14,28H,15H2,1H3,(H,29,32,34). The minimum atomic E-state index is -0.547. The van der Waals surface area contributed by atoms with Crippen LogP contribution in [-0.2, 0) is 6.54 Å². The third-order valence-electron chi connectivity index (χ3n) is 5.53. The second-order valence-corrected chi connectivity index (χ2v) is 7.69. The highest BCUT2D eigenvalue weighted by Gasteiger charge is 2.17. The maximum absolute atomic E-state index is 13.1. The number of hydrogen-bond acceptors (Lipinski definition) is 7. The summed E-state index contributed by atoms with van der Waals surface area (Å²) in [5.41, 5.74) is 4.19. The summed E-state index contributed by atoms with van der Waals surface area (Å²) in [6.07, 6.45) is 8.29. The number of carbonyl (C=O) groups is 1. The average Bonchev–Trinajstić information content (AvgIpc) is 2.91. The molecule has 10 nitrogen and oxygen atoms in total. The molecule has 3 heterocycles. The topological polar surface area (TPSA) is 122 Å². The molecule has 5 rings (SSSR count). The van der Waals surface area contributed by atoms with E-state index in [0.717, 1.165) is 5.57 Å². The van der Waals surface area contributed by atoms with E-state index >= 15 is 0 Å². The third-order valence-corrected chi connectivity index (χ3v) is 5.53. The molecule has 2 aromatic carbocycles. The van der Waals surface area contributed by atoms with Crippen LogP contribution in [0.3, 0.4) is 0 Å². The van der Waals surface area contributed by atoms with Gasteiger partial charge < -0.3 is 4.74 Å². The van der Waals surface area contributed by atoms with Crippen molar-refractivity contribution >= 4 is 22.4 Å². The summed E-state index contributed by atoms with van der Waals surface area (Å²) in [7, 11) is 1.47. The smallest absolute Gasteiger partial charge is 0.329 e. The number of allylic oxidation sites excluding steroid dienone is 2. The maximum Gasteiger partial charge on any atom is 0.329 e. The van der Waals surface area contributed by atoms with Gasteiger partial charge in [-0.25, -0.2) is 19.8 Å². The van der Waals surface area contributed by atoms with Crippen LogP contribution in [-0.4, -0.2) is 37.5 Å². The van der Waals surface area contributed by atoms with Gasteiger partial charge in [-0.2, -0.15) is 0 Å². The molecule has 1 aliphatic rings. The van der Waals surface area contributed by atoms with Crippen LogP contribution in [0.5, 0.6) is 5.75 Å². The molecule has 0 bridgehead atoms. The van der Waals surface area contributed by atoms with E-state index in [4.69, 9.17) is 4.74 Å². The lowest BCUT2D eigenvalue weighted by Gasteiger charge is -2.22. The van der Waals surface area contributed by atoms with Gasteiger partial charge in [0.15, 0.2) is 5.82 Å². The second-order valence-electron chi connectivity index (χ2n) is 7.69. The Labute approximate surface area is 198 Å². The Kier molecular flexibility index (Phi) is 5.68. The van der Waals surface area contributed by atoms with Gasteiger partial charge in [-0.3, -0.25) is 24.6 Å². The van der Waals surface area contributed by atoms with Gasteiger partial charge in [0.05, 0.1) is 19.2 Å².